The lowest BCUT2D eigenvalue weighted by molar-refractivity contribution is -0.138. The third-order valence-corrected chi connectivity index (χ3v) is 3.52. The molecule has 0 aliphatic carbocycles. The number of alkyl halides is 3. The van der Waals surface area contributed by atoms with Crippen molar-refractivity contribution in [3.05, 3.63) is 59.2 Å². The SMILES string of the molecule is COC(=O)c1ccc(Oc2ccc(CC(C)(C)N)cc2)cc1C(F)(F)F. The lowest BCUT2D eigenvalue weighted by Gasteiger charge is -2.18. The standard InChI is InChI=1S/C19H20F3NO3/c1-18(2,23)11-12-4-6-13(7-5-12)26-14-8-9-15(17(24)25-3)16(10-14)19(20,21)22/h4-10H,11,23H2,1-3H3. The molecule has 0 bridgehead atoms. The average Bonchev–Trinajstić information content (AvgIpc) is 2.54. The molecule has 0 unspecified atom stereocenters. The molecule has 2 rings (SSSR count). The molecule has 0 spiro atoms. The van der Waals surface area contributed by atoms with Crippen LogP contribution < -0.4 is 10.5 Å². The molecule has 0 heterocycles. The second kappa shape index (κ2) is 7.37. The Kier molecular flexibility index (Phi) is 5.61. The summed E-state index contributed by atoms with van der Waals surface area (Å²) in [5.74, 6) is -0.711. The number of esters is 1. The highest BCUT2D eigenvalue weighted by Crippen LogP contribution is 2.36. The van der Waals surface area contributed by atoms with Crippen LogP contribution in [0.3, 0.4) is 0 Å². The first-order valence-corrected chi connectivity index (χ1v) is 7.85. The summed E-state index contributed by atoms with van der Waals surface area (Å²) in [5.41, 5.74) is 4.91. The largest absolute Gasteiger partial charge is 0.465 e. The molecule has 0 amide bonds. The van der Waals surface area contributed by atoms with Gasteiger partial charge in [-0.25, -0.2) is 4.79 Å². The Labute approximate surface area is 149 Å². The molecule has 0 aliphatic rings. The van der Waals surface area contributed by atoms with Gasteiger partial charge in [0, 0.05) is 5.54 Å². The van der Waals surface area contributed by atoms with Crippen molar-refractivity contribution in [2.75, 3.05) is 7.11 Å². The lowest BCUT2D eigenvalue weighted by atomic mass is 9.96. The van der Waals surface area contributed by atoms with Gasteiger partial charge in [-0.05, 0) is 56.2 Å². The van der Waals surface area contributed by atoms with Crippen LogP contribution >= 0.6 is 0 Å². The van der Waals surface area contributed by atoms with Gasteiger partial charge >= 0.3 is 12.1 Å². The van der Waals surface area contributed by atoms with Gasteiger partial charge in [0.1, 0.15) is 11.5 Å². The molecule has 0 saturated heterocycles. The molecule has 2 aromatic carbocycles. The summed E-state index contributed by atoms with van der Waals surface area (Å²) in [7, 11) is 1.02. The van der Waals surface area contributed by atoms with Crippen LogP contribution in [0, 0.1) is 0 Å². The highest BCUT2D eigenvalue weighted by Gasteiger charge is 2.36. The predicted octanol–water partition coefficient (Wildman–Crippen LogP) is 4.56. The number of nitrogens with two attached hydrogens (primary N) is 1. The van der Waals surface area contributed by atoms with Gasteiger partial charge in [-0.15, -0.1) is 0 Å². The van der Waals surface area contributed by atoms with Gasteiger partial charge in [-0.2, -0.15) is 13.2 Å². The van der Waals surface area contributed by atoms with Crippen molar-refractivity contribution >= 4 is 5.97 Å². The average molecular weight is 367 g/mol. The summed E-state index contributed by atoms with van der Waals surface area (Å²) in [6.07, 6.45) is -4.06. The van der Waals surface area contributed by atoms with Crippen LogP contribution in [-0.2, 0) is 17.3 Å². The second-order valence-electron chi connectivity index (χ2n) is 6.61. The van der Waals surface area contributed by atoms with E-state index in [4.69, 9.17) is 10.5 Å². The lowest BCUT2D eigenvalue weighted by Crippen LogP contribution is -2.34. The molecular formula is C19H20F3NO3. The van der Waals surface area contributed by atoms with Gasteiger partial charge in [0.2, 0.25) is 0 Å². The number of methoxy groups -OCH3 is 1. The van der Waals surface area contributed by atoms with Crippen LogP contribution in [0.2, 0.25) is 0 Å². The van der Waals surface area contributed by atoms with Crippen LogP contribution in [0.5, 0.6) is 11.5 Å². The van der Waals surface area contributed by atoms with Crippen molar-refractivity contribution in [3.8, 4) is 11.5 Å². The zero-order valence-electron chi connectivity index (χ0n) is 14.7. The fraction of sp³-hybridized carbons (Fsp3) is 0.316. The zero-order valence-corrected chi connectivity index (χ0v) is 14.7. The Bertz CT molecular complexity index is 778. The van der Waals surface area contributed by atoms with Gasteiger partial charge in [0.15, 0.2) is 0 Å². The summed E-state index contributed by atoms with van der Waals surface area (Å²) < 4.78 is 49.5. The van der Waals surface area contributed by atoms with Crippen molar-refractivity contribution < 1.29 is 27.4 Å². The molecule has 26 heavy (non-hydrogen) atoms. The molecular weight excluding hydrogens is 347 g/mol. The van der Waals surface area contributed by atoms with Gasteiger partial charge in [-0.1, -0.05) is 12.1 Å². The number of hydrogen-bond acceptors (Lipinski definition) is 4. The molecule has 2 N–H and O–H groups in total. The van der Waals surface area contributed by atoms with E-state index < -0.39 is 23.3 Å². The Hall–Kier alpha value is -2.54. The van der Waals surface area contributed by atoms with Crippen molar-refractivity contribution in [2.24, 2.45) is 5.73 Å². The maximum Gasteiger partial charge on any atom is 0.417 e. The van der Waals surface area contributed by atoms with E-state index in [1.165, 1.54) is 6.07 Å². The van der Waals surface area contributed by atoms with Gasteiger partial charge in [0.05, 0.1) is 18.2 Å². The summed E-state index contributed by atoms with van der Waals surface area (Å²) in [5, 5.41) is 0. The quantitative estimate of drug-likeness (QED) is 0.787. The predicted molar refractivity (Wildman–Crippen MR) is 91.3 cm³/mol. The second-order valence-corrected chi connectivity index (χ2v) is 6.61. The Balaban J connectivity index is 2.26. The highest BCUT2D eigenvalue weighted by molar-refractivity contribution is 5.91. The van der Waals surface area contributed by atoms with E-state index in [1.807, 2.05) is 13.8 Å². The van der Waals surface area contributed by atoms with Crippen LogP contribution in [0.25, 0.3) is 0 Å². The molecule has 0 radical (unpaired) electrons. The van der Waals surface area contributed by atoms with E-state index in [-0.39, 0.29) is 11.3 Å². The van der Waals surface area contributed by atoms with Crippen LogP contribution in [0.15, 0.2) is 42.5 Å². The van der Waals surface area contributed by atoms with E-state index >= 15 is 0 Å². The third kappa shape index (κ3) is 5.23. The summed E-state index contributed by atoms with van der Waals surface area (Å²) in [4.78, 5) is 11.5. The maximum absolute atomic E-state index is 13.2. The Morgan fingerprint density at radius 2 is 1.62 bits per heavy atom. The van der Waals surface area contributed by atoms with Crippen molar-refractivity contribution in [2.45, 2.75) is 32.0 Å². The summed E-state index contributed by atoms with van der Waals surface area (Å²) in [6, 6.07) is 10.0. The van der Waals surface area contributed by atoms with Gasteiger partial charge in [0.25, 0.3) is 0 Å². The van der Waals surface area contributed by atoms with Crippen molar-refractivity contribution in [3.63, 3.8) is 0 Å². The van der Waals surface area contributed by atoms with Crippen molar-refractivity contribution in [1.29, 1.82) is 0 Å². The number of halogens is 3. The van der Waals surface area contributed by atoms with E-state index in [1.54, 1.807) is 24.3 Å². The molecule has 4 nitrogen and oxygen atoms in total. The van der Waals surface area contributed by atoms with Crippen LogP contribution in [0.4, 0.5) is 13.2 Å². The topological polar surface area (TPSA) is 61.5 Å². The molecule has 0 atom stereocenters. The molecule has 0 saturated carbocycles. The molecule has 2 aromatic rings. The number of benzene rings is 2. The van der Waals surface area contributed by atoms with E-state index in [0.29, 0.717) is 12.2 Å². The van der Waals surface area contributed by atoms with E-state index in [9.17, 15) is 18.0 Å². The normalized spacial score (nSPS) is 12.0. The zero-order chi connectivity index (χ0) is 19.5. The highest BCUT2D eigenvalue weighted by atomic mass is 19.4. The molecule has 0 aromatic heterocycles. The fourth-order valence-electron chi connectivity index (χ4n) is 2.45. The molecule has 7 heteroatoms. The number of hydrogen-bond donors (Lipinski definition) is 1. The summed E-state index contributed by atoms with van der Waals surface area (Å²) in [6.45, 7) is 3.80. The molecule has 0 fully saturated rings. The third-order valence-electron chi connectivity index (χ3n) is 3.52. The van der Waals surface area contributed by atoms with E-state index in [0.717, 1.165) is 24.8 Å². The molecule has 140 valence electrons. The first kappa shape index (κ1) is 19.8. The maximum atomic E-state index is 13.2. The monoisotopic (exact) mass is 367 g/mol. The smallest absolute Gasteiger partial charge is 0.417 e. The number of ether oxygens (including phenoxy) is 2. The minimum Gasteiger partial charge on any atom is -0.465 e. The van der Waals surface area contributed by atoms with Crippen LogP contribution in [-0.4, -0.2) is 18.6 Å². The van der Waals surface area contributed by atoms with Gasteiger partial charge < -0.3 is 15.2 Å². The summed E-state index contributed by atoms with van der Waals surface area (Å²) >= 11 is 0. The van der Waals surface area contributed by atoms with E-state index in [2.05, 4.69) is 4.74 Å². The first-order valence-electron chi connectivity index (χ1n) is 7.85. The Morgan fingerprint density at radius 3 is 2.12 bits per heavy atom. The Morgan fingerprint density at radius 1 is 1.04 bits per heavy atom. The molecule has 0 aliphatic heterocycles. The van der Waals surface area contributed by atoms with Crippen LogP contribution in [0.1, 0.15) is 35.3 Å². The minimum absolute atomic E-state index is 0.0307. The number of carbonyl (C=O) groups excluding carboxylic acids is 1. The van der Waals surface area contributed by atoms with Crippen molar-refractivity contribution in [1.82, 2.24) is 0 Å². The van der Waals surface area contributed by atoms with Gasteiger partial charge in [-0.3, -0.25) is 0 Å². The minimum atomic E-state index is -4.71. The number of rotatable bonds is 5. The fourth-order valence-corrected chi connectivity index (χ4v) is 2.45. The first-order chi connectivity index (χ1) is 12.0. The number of carbonyl (C=O) groups is 1.